The molecule has 0 spiro atoms. The van der Waals surface area contributed by atoms with Crippen LogP contribution >= 0.6 is 0 Å². The maximum atomic E-state index is 6.21. The Kier molecular flexibility index (Phi) is 2.91. The van der Waals surface area contributed by atoms with Gasteiger partial charge in [-0.15, -0.1) is 5.10 Å². The van der Waals surface area contributed by atoms with Crippen molar-refractivity contribution in [2.24, 2.45) is 12.8 Å². The lowest BCUT2D eigenvalue weighted by Gasteiger charge is -2.07. The number of fused-ring (bicyclic) bond motifs is 1. The van der Waals surface area contributed by atoms with Crippen LogP contribution in [0.2, 0.25) is 0 Å². The third-order valence-corrected chi connectivity index (χ3v) is 3.60. The lowest BCUT2D eigenvalue weighted by Crippen LogP contribution is -2.09. The van der Waals surface area contributed by atoms with Crippen LogP contribution < -0.4 is 5.73 Å². The van der Waals surface area contributed by atoms with Gasteiger partial charge in [0.05, 0.1) is 6.54 Å². The molecule has 5 heteroatoms. The Balaban J connectivity index is 1.84. The Hall–Kier alpha value is -1.62. The maximum absolute atomic E-state index is 6.21. The smallest absolute Gasteiger partial charge is 0.102 e. The molecule has 18 heavy (non-hydrogen) atoms. The summed E-state index contributed by atoms with van der Waals surface area (Å²) < 4.78 is 3.91. The van der Waals surface area contributed by atoms with Crippen LogP contribution in [0.25, 0.3) is 0 Å². The minimum absolute atomic E-state index is 0.200. The van der Waals surface area contributed by atoms with E-state index in [1.165, 1.54) is 24.0 Å². The van der Waals surface area contributed by atoms with Gasteiger partial charge in [0.15, 0.2) is 0 Å². The Morgan fingerprint density at radius 3 is 3.00 bits per heavy atom. The van der Waals surface area contributed by atoms with Crippen LogP contribution in [0.3, 0.4) is 0 Å². The number of hydrogen-bond donors (Lipinski definition) is 1. The lowest BCUT2D eigenvalue weighted by molar-refractivity contribution is 0.609. The Morgan fingerprint density at radius 1 is 1.33 bits per heavy atom. The molecule has 0 bridgehead atoms. The summed E-state index contributed by atoms with van der Waals surface area (Å²) in [4.78, 5) is 0. The van der Waals surface area contributed by atoms with E-state index in [0.717, 1.165) is 25.1 Å². The number of nitrogens with two attached hydrogens (primary N) is 1. The van der Waals surface area contributed by atoms with Gasteiger partial charge in [-0.2, -0.15) is 0 Å². The Morgan fingerprint density at radius 2 is 2.22 bits per heavy atom. The standard InChI is InChI=1S/C13H19N5/c1-17-7-11(15-16-17)8-18-6-10-4-2-3-5-13(14)12(10)9-18/h6-7,9,13H,2-5,8,14H2,1H3. The molecule has 0 saturated heterocycles. The highest BCUT2D eigenvalue weighted by molar-refractivity contribution is 5.29. The topological polar surface area (TPSA) is 61.7 Å². The molecule has 5 nitrogen and oxygen atoms in total. The van der Waals surface area contributed by atoms with Gasteiger partial charge in [0, 0.05) is 31.7 Å². The summed E-state index contributed by atoms with van der Waals surface area (Å²) in [5.41, 5.74) is 9.92. The highest BCUT2D eigenvalue weighted by Gasteiger charge is 2.17. The number of nitrogens with zero attached hydrogens (tertiary/aromatic N) is 4. The molecule has 2 aromatic rings. The normalized spacial score (nSPS) is 19.6. The molecule has 0 aliphatic heterocycles. The average molecular weight is 245 g/mol. The highest BCUT2D eigenvalue weighted by atomic mass is 15.4. The van der Waals surface area contributed by atoms with Gasteiger partial charge in [0.1, 0.15) is 5.69 Å². The van der Waals surface area contributed by atoms with Crippen LogP contribution in [0, 0.1) is 0 Å². The van der Waals surface area contributed by atoms with E-state index in [4.69, 9.17) is 5.73 Å². The third-order valence-electron chi connectivity index (χ3n) is 3.60. The molecule has 0 saturated carbocycles. The summed E-state index contributed by atoms with van der Waals surface area (Å²) in [6.45, 7) is 0.771. The summed E-state index contributed by atoms with van der Waals surface area (Å²) in [6.07, 6.45) is 11.1. The van der Waals surface area contributed by atoms with Crippen molar-refractivity contribution in [3.8, 4) is 0 Å². The molecule has 1 aliphatic rings. The van der Waals surface area contributed by atoms with Crippen molar-refractivity contribution in [3.05, 3.63) is 35.4 Å². The summed E-state index contributed by atoms with van der Waals surface area (Å²) >= 11 is 0. The quantitative estimate of drug-likeness (QED) is 0.813. The summed E-state index contributed by atoms with van der Waals surface area (Å²) in [7, 11) is 1.89. The first-order valence-corrected chi connectivity index (χ1v) is 6.52. The van der Waals surface area contributed by atoms with E-state index >= 15 is 0 Å². The summed E-state index contributed by atoms with van der Waals surface area (Å²) in [5.74, 6) is 0. The first-order chi connectivity index (χ1) is 8.72. The minimum atomic E-state index is 0.200. The second kappa shape index (κ2) is 4.57. The van der Waals surface area contributed by atoms with E-state index in [1.807, 2.05) is 13.2 Å². The molecular formula is C13H19N5. The van der Waals surface area contributed by atoms with Crippen LogP contribution in [0.1, 0.15) is 42.1 Å². The zero-order chi connectivity index (χ0) is 12.5. The zero-order valence-electron chi connectivity index (χ0n) is 10.7. The molecule has 0 aromatic carbocycles. The fourth-order valence-corrected chi connectivity index (χ4v) is 2.70. The molecule has 0 amide bonds. The molecule has 1 aliphatic carbocycles. The molecule has 2 heterocycles. The predicted molar refractivity (Wildman–Crippen MR) is 69.0 cm³/mol. The molecule has 1 atom stereocenters. The fraction of sp³-hybridized carbons (Fsp3) is 0.538. The fourth-order valence-electron chi connectivity index (χ4n) is 2.70. The van der Waals surface area contributed by atoms with Crippen molar-refractivity contribution in [2.45, 2.75) is 38.3 Å². The second-order valence-electron chi connectivity index (χ2n) is 5.15. The molecule has 96 valence electrons. The number of hydrogen-bond acceptors (Lipinski definition) is 3. The molecule has 0 radical (unpaired) electrons. The van der Waals surface area contributed by atoms with E-state index in [9.17, 15) is 0 Å². The maximum Gasteiger partial charge on any atom is 0.102 e. The molecular weight excluding hydrogens is 226 g/mol. The van der Waals surface area contributed by atoms with Crippen LogP contribution in [-0.4, -0.2) is 19.6 Å². The SMILES string of the molecule is Cn1cc(Cn2cc3c(c2)C(N)CCCC3)nn1. The van der Waals surface area contributed by atoms with Crippen LogP contribution in [0.5, 0.6) is 0 Å². The Labute approximate surface area is 107 Å². The molecule has 3 rings (SSSR count). The number of rotatable bonds is 2. The lowest BCUT2D eigenvalue weighted by atomic mass is 10.1. The third kappa shape index (κ3) is 2.18. The van der Waals surface area contributed by atoms with Crippen LogP contribution in [-0.2, 0) is 20.0 Å². The number of aromatic nitrogens is 4. The van der Waals surface area contributed by atoms with Gasteiger partial charge in [-0.1, -0.05) is 11.6 Å². The Bertz CT molecular complexity index is 539. The van der Waals surface area contributed by atoms with Gasteiger partial charge in [0.25, 0.3) is 0 Å². The van der Waals surface area contributed by atoms with E-state index in [0.29, 0.717) is 0 Å². The van der Waals surface area contributed by atoms with Crippen molar-refractivity contribution in [1.29, 1.82) is 0 Å². The summed E-state index contributed by atoms with van der Waals surface area (Å²) in [5, 5.41) is 8.07. The van der Waals surface area contributed by atoms with Crippen molar-refractivity contribution in [1.82, 2.24) is 19.6 Å². The van der Waals surface area contributed by atoms with Gasteiger partial charge in [-0.25, -0.2) is 0 Å². The number of aryl methyl sites for hydroxylation is 2. The van der Waals surface area contributed by atoms with Crippen LogP contribution in [0.15, 0.2) is 18.6 Å². The average Bonchev–Trinajstić information content (AvgIpc) is 2.88. The zero-order valence-corrected chi connectivity index (χ0v) is 10.7. The van der Waals surface area contributed by atoms with Crippen molar-refractivity contribution in [2.75, 3.05) is 0 Å². The van der Waals surface area contributed by atoms with Gasteiger partial charge >= 0.3 is 0 Å². The first-order valence-electron chi connectivity index (χ1n) is 6.52. The molecule has 2 N–H and O–H groups in total. The van der Waals surface area contributed by atoms with Crippen molar-refractivity contribution in [3.63, 3.8) is 0 Å². The van der Waals surface area contributed by atoms with E-state index in [2.05, 4.69) is 27.3 Å². The summed E-state index contributed by atoms with van der Waals surface area (Å²) in [6, 6.07) is 0.200. The molecule has 2 aromatic heterocycles. The minimum Gasteiger partial charge on any atom is -0.348 e. The van der Waals surface area contributed by atoms with E-state index in [-0.39, 0.29) is 6.04 Å². The predicted octanol–water partition coefficient (Wildman–Crippen LogP) is 1.39. The second-order valence-corrected chi connectivity index (χ2v) is 5.15. The molecule has 0 fully saturated rings. The first kappa shape index (κ1) is 11.5. The van der Waals surface area contributed by atoms with E-state index < -0.39 is 0 Å². The van der Waals surface area contributed by atoms with E-state index in [1.54, 1.807) is 4.68 Å². The monoisotopic (exact) mass is 245 g/mol. The van der Waals surface area contributed by atoms with Gasteiger partial charge in [-0.3, -0.25) is 4.68 Å². The largest absolute Gasteiger partial charge is 0.348 e. The van der Waals surface area contributed by atoms with Gasteiger partial charge in [0.2, 0.25) is 0 Å². The van der Waals surface area contributed by atoms with Crippen molar-refractivity contribution >= 4 is 0 Å². The van der Waals surface area contributed by atoms with Gasteiger partial charge < -0.3 is 10.3 Å². The molecule has 1 unspecified atom stereocenters. The van der Waals surface area contributed by atoms with Crippen molar-refractivity contribution < 1.29 is 0 Å². The van der Waals surface area contributed by atoms with Crippen LogP contribution in [0.4, 0.5) is 0 Å². The highest BCUT2D eigenvalue weighted by Crippen LogP contribution is 2.27. The van der Waals surface area contributed by atoms with Gasteiger partial charge in [-0.05, 0) is 30.4 Å².